The Hall–Kier alpha value is -3.78. The van der Waals surface area contributed by atoms with Gasteiger partial charge in [-0.3, -0.25) is 0 Å². The second kappa shape index (κ2) is 8.63. The van der Waals surface area contributed by atoms with E-state index in [1.807, 2.05) is 48.5 Å². The van der Waals surface area contributed by atoms with E-state index in [-0.39, 0.29) is 18.9 Å². The molecule has 4 aromatic rings. The number of carbonyl (C=O) groups is 2. The minimum atomic E-state index is -1.22. The number of amides is 1. The van der Waals surface area contributed by atoms with Crippen molar-refractivity contribution in [3.8, 4) is 11.1 Å². The molecule has 1 aliphatic carbocycles. The Morgan fingerprint density at radius 3 is 2.39 bits per heavy atom. The van der Waals surface area contributed by atoms with Crippen LogP contribution in [-0.4, -0.2) is 34.8 Å². The number of rotatable bonds is 6. The highest BCUT2D eigenvalue weighted by atomic mass is 32.1. The van der Waals surface area contributed by atoms with Gasteiger partial charge in [0.1, 0.15) is 18.5 Å². The lowest BCUT2D eigenvalue weighted by Crippen LogP contribution is -2.42. The first-order valence-corrected chi connectivity index (χ1v) is 11.2. The van der Waals surface area contributed by atoms with Gasteiger partial charge in [0.15, 0.2) is 0 Å². The summed E-state index contributed by atoms with van der Waals surface area (Å²) in [6.07, 6.45) is -0.836. The molecule has 5 rings (SSSR count). The molecule has 1 aromatic heterocycles. The van der Waals surface area contributed by atoms with Gasteiger partial charge in [-0.25, -0.2) is 19.0 Å². The largest absolute Gasteiger partial charge is 0.480 e. The predicted octanol–water partition coefficient (Wildman–Crippen LogP) is 4.97. The van der Waals surface area contributed by atoms with Gasteiger partial charge in [0.25, 0.3) is 0 Å². The van der Waals surface area contributed by atoms with E-state index in [1.165, 1.54) is 23.5 Å². The molecule has 0 saturated carbocycles. The summed E-state index contributed by atoms with van der Waals surface area (Å²) in [5.41, 5.74) is 4.82. The molecular formula is C25H19FN2O4S. The van der Waals surface area contributed by atoms with Crippen molar-refractivity contribution in [1.29, 1.82) is 0 Å². The fourth-order valence-corrected chi connectivity index (χ4v) is 5.19. The minimum absolute atomic E-state index is 0.0273. The first kappa shape index (κ1) is 21.1. The molecule has 0 saturated heterocycles. The number of hydrogen-bond acceptors (Lipinski definition) is 5. The van der Waals surface area contributed by atoms with Crippen LogP contribution < -0.4 is 5.32 Å². The quantitative estimate of drug-likeness (QED) is 0.422. The summed E-state index contributed by atoms with van der Waals surface area (Å²) in [5, 5.41) is 12.5. The SMILES string of the molecule is O=C(NC(Cc1nc2cc(F)ccc2s1)C(=O)O)OCC1c2ccccc2-c2ccccc21. The summed E-state index contributed by atoms with van der Waals surface area (Å²) in [6, 6.07) is 18.9. The van der Waals surface area contributed by atoms with Crippen LogP contribution >= 0.6 is 11.3 Å². The van der Waals surface area contributed by atoms with E-state index in [1.54, 1.807) is 6.07 Å². The van der Waals surface area contributed by atoms with Gasteiger partial charge in [-0.1, -0.05) is 48.5 Å². The molecule has 0 bridgehead atoms. The summed E-state index contributed by atoms with van der Waals surface area (Å²) < 4.78 is 19.6. The molecule has 0 fully saturated rings. The lowest BCUT2D eigenvalue weighted by atomic mass is 9.98. The van der Waals surface area contributed by atoms with Gasteiger partial charge in [0.05, 0.1) is 15.2 Å². The van der Waals surface area contributed by atoms with E-state index in [9.17, 15) is 19.1 Å². The van der Waals surface area contributed by atoms with E-state index < -0.39 is 23.9 Å². The second-order valence-electron chi connectivity index (χ2n) is 7.78. The third-order valence-electron chi connectivity index (χ3n) is 5.71. The van der Waals surface area contributed by atoms with Crippen molar-refractivity contribution in [2.75, 3.05) is 6.61 Å². The summed E-state index contributed by atoms with van der Waals surface area (Å²) >= 11 is 1.26. The number of benzene rings is 3. The number of halogens is 1. The van der Waals surface area contributed by atoms with Crippen LogP contribution in [0.2, 0.25) is 0 Å². The first-order valence-electron chi connectivity index (χ1n) is 10.4. The molecule has 2 N–H and O–H groups in total. The van der Waals surface area contributed by atoms with E-state index in [4.69, 9.17) is 4.74 Å². The number of hydrogen-bond donors (Lipinski definition) is 2. The zero-order valence-corrected chi connectivity index (χ0v) is 18.1. The Labute approximate surface area is 192 Å². The van der Waals surface area contributed by atoms with Gasteiger partial charge >= 0.3 is 12.1 Å². The Bertz CT molecular complexity index is 1320. The van der Waals surface area contributed by atoms with Crippen molar-refractivity contribution in [1.82, 2.24) is 10.3 Å². The number of carboxylic acids is 1. The molecule has 8 heteroatoms. The summed E-state index contributed by atoms with van der Waals surface area (Å²) in [6.45, 7) is 0.0899. The highest BCUT2D eigenvalue weighted by Crippen LogP contribution is 2.44. The van der Waals surface area contributed by atoms with E-state index in [2.05, 4.69) is 10.3 Å². The summed E-state index contributed by atoms with van der Waals surface area (Å²) in [4.78, 5) is 28.5. The first-order chi connectivity index (χ1) is 16.0. The van der Waals surface area contributed by atoms with Crippen molar-refractivity contribution < 1.29 is 23.8 Å². The van der Waals surface area contributed by atoms with Gasteiger partial charge in [-0.05, 0) is 34.4 Å². The fraction of sp³-hybridized carbons (Fsp3) is 0.160. The predicted molar refractivity (Wildman–Crippen MR) is 123 cm³/mol. The van der Waals surface area contributed by atoms with Crippen LogP contribution in [0.15, 0.2) is 66.7 Å². The second-order valence-corrected chi connectivity index (χ2v) is 8.90. The molecule has 1 amide bonds. The number of aliphatic carboxylic acids is 1. The van der Waals surface area contributed by atoms with E-state index in [0.717, 1.165) is 27.0 Å². The number of nitrogens with one attached hydrogen (secondary N) is 1. The molecular weight excluding hydrogens is 443 g/mol. The third-order valence-corrected chi connectivity index (χ3v) is 6.77. The topological polar surface area (TPSA) is 88.5 Å². The lowest BCUT2D eigenvalue weighted by Gasteiger charge is -2.17. The number of carbonyl (C=O) groups excluding carboxylic acids is 1. The molecule has 1 unspecified atom stereocenters. The maximum absolute atomic E-state index is 13.4. The van der Waals surface area contributed by atoms with Crippen molar-refractivity contribution in [3.05, 3.63) is 88.7 Å². The van der Waals surface area contributed by atoms with Crippen molar-refractivity contribution in [2.24, 2.45) is 0 Å². The van der Waals surface area contributed by atoms with Crippen LogP contribution in [0.5, 0.6) is 0 Å². The molecule has 0 radical (unpaired) electrons. The Morgan fingerprint density at radius 1 is 1.06 bits per heavy atom. The maximum atomic E-state index is 13.4. The third kappa shape index (κ3) is 4.17. The van der Waals surface area contributed by atoms with Gasteiger partial charge in [0.2, 0.25) is 0 Å². The van der Waals surface area contributed by atoms with Gasteiger partial charge in [-0.15, -0.1) is 11.3 Å². The zero-order valence-electron chi connectivity index (χ0n) is 17.3. The fourth-order valence-electron chi connectivity index (χ4n) is 4.19. The molecule has 1 atom stereocenters. The standard InChI is InChI=1S/C25H19FN2O4S/c26-14-9-10-22-20(11-14)27-23(33-22)12-21(24(29)30)28-25(31)32-13-19-17-7-3-1-5-15(17)16-6-2-4-8-18(16)19/h1-11,19,21H,12-13H2,(H,28,31)(H,29,30). The van der Waals surface area contributed by atoms with Crippen molar-refractivity contribution in [3.63, 3.8) is 0 Å². The van der Waals surface area contributed by atoms with Crippen LogP contribution in [0, 0.1) is 5.82 Å². The average Bonchev–Trinajstić information content (AvgIpc) is 3.35. The van der Waals surface area contributed by atoms with Gasteiger partial charge in [0, 0.05) is 18.4 Å². The molecule has 0 spiro atoms. The number of thiazole rings is 1. The van der Waals surface area contributed by atoms with Gasteiger partial charge < -0.3 is 15.2 Å². The normalized spacial score (nSPS) is 13.4. The molecule has 3 aromatic carbocycles. The summed E-state index contributed by atoms with van der Waals surface area (Å²) in [5.74, 6) is -1.73. The smallest absolute Gasteiger partial charge is 0.407 e. The Balaban J connectivity index is 1.27. The van der Waals surface area contributed by atoms with Crippen LogP contribution in [0.25, 0.3) is 21.3 Å². The van der Waals surface area contributed by atoms with Gasteiger partial charge in [-0.2, -0.15) is 0 Å². The van der Waals surface area contributed by atoms with E-state index >= 15 is 0 Å². The number of nitrogens with zero attached hydrogens (tertiary/aromatic N) is 1. The molecule has 0 aliphatic heterocycles. The Morgan fingerprint density at radius 2 is 1.73 bits per heavy atom. The van der Waals surface area contributed by atoms with Crippen LogP contribution in [0.4, 0.5) is 9.18 Å². The summed E-state index contributed by atoms with van der Waals surface area (Å²) in [7, 11) is 0. The van der Waals surface area contributed by atoms with Crippen LogP contribution in [0.1, 0.15) is 22.1 Å². The number of fused-ring (bicyclic) bond motifs is 4. The van der Waals surface area contributed by atoms with Crippen molar-refractivity contribution in [2.45, 2.75) is 18.4 Å². The molecule has 166 valence electrons. The maximum Gasteiger partial charge on any atom is 0.407 e. The highest BCUT2D eigenvalue weighted by Gasteiger charge is 2.30. The molecule has 33 heavy (non-hydrogen) atoms. The Kier molecular flexibility index (Phi) is 5.51. The molecule has 1 aliphatic rings. The number of ether oxygens (including phenoxy) is 1. The highest BCUT2D eigenvalue weighted by molar-refractivity contribution is 7.18. The van der Waals surface area contributed by atoms with E-state index in [0.29, 0.717) is 10.5 Å². The van der Waals surface area contributed by atoms with Crippen molar-refractivity contribution >= 4 is 33.6 Å². The minimum Gasteiger partial charge on any atom is -0.480 e. The lowest BCUT2D eigenvalue weighted by molar-refractivity contribution is -0.139. The van der Waals surface area contributed by atoms with Crippen LogP contribution in [0.3, 0.4) is 0 Å². The number of aromatic nitrogens is 1. The number of carboxylic acid groups (broad SMARTS) is 1. The zero-order chi connectivity index (χ0) is 22.9. The number of alkyl carbamates (subject to hydrolysis) is 1. The molecule has 1 heterocycles. The van der Waals surface area contributed by atoms with Crippen LogP contribution in [-0.2, 0) is 16.0 Å². The average molecular weight is 463 g/mol. The molecule has 6 nitrogen and oxygen atoms in total. The monoisotopic (exact) mass is 462 g/mol.